The number of fused-ring (bicyclic) bond motifs is 3. The molecule has 0 atom stereocenters. The molecule has 0 N–H and O–H groups in total. The first-order chi connectivity index (χ1) is 22.1. The van der Waals surface area contributed by atoms with Gasteiger partial charge in [-0.2, -0.15) is 0 Å². The van der Waals surface area contributed by atoms with E-state index in [0.29, 0.717) is 6.61 Å². The number of carbonyl (C=O) groups is 1. The van der Waals surface area contributed by atoms with Crippen molar-refractivity contribution in [3.05, 3.63) is 131 Å². The molecule has 5 aromatic rings. The van der Waals surface area contributed by atoms with E-state index < -0.39 is 0 Å². The van der Waals surface area contributed by atoms with Crippen molar-refractivity contribution in [1.29, 1.82) is 0 Å². The van der Waals surface area contributed by atoms with Crippen molar-refractivity contribution in [1.82, 2.24) is 19.4 Å². The highest BCUT2D eigenvalue weighted by Crippen LogP contribution is 2.36. The van der Waals surface area contributed by atoms with Crippen LogP contribution in [0.3, 0.4) is 0 Å². The van der Waals surface area contributed by atoms with E-state index in [1.54, 1.807) is 0 Å². The second-order valence-corrected chi connectivity index (χ2v) is 11.9. The predicted molar refractivity (Wildman–Crippen MR) is 176 cm³/mol. The van der Waals surface area contributed by atoms with Gasteiger partial charge in [0.1, 0.15) is 18.2 Å². The molecule has 7 rings (SSSR count). The average Bonchev–Trinajstić information content (AvgIpc) is 3.39. The maximum atomic E-state index is 12.1. The summed E-state index contributed by atoms with van der Waals surface area (Å²) in [6.45, 7) is 4.34. The van der Waals surface area contributed by atoms with Gasteiger partial charge in [0, 0.05) is 49.0 Å². The highest BCUT2D eigenvalue weighted by atomic mass is 16.5. The van der Waals surface area contributed by atoms with Crippen molar-refractivity contribution < 1.29 is 14.3 Å². The predicted octanol–water partition coefficient (Wildman–Crippen LogP) is 6.42. The molecule has 3 aromatic carbocycles. The summed E-state index contributed by atoms with van der Waals surface area (Å²) in [6, 6.07) is 29.5. The molecule has 0 radical (unpaired) electrons. The van der Waals surface area contributed by atoms with Gasteiger partial charge in [0.2, 0.25) is 0 Å². The van der Waals surface area contributed by atoms with Gasteiger partial charge in [-0.1, -0.05) is 66.2 Å². The van der Waals surface area contributed by atoms with Crippen LogP contribution in [0.4, 0.5) is 0 Å². The van der Waals surface area contributed by atoms with Gasteiger partial charge in [0.15, 0.2) is 0 Å². The van der Waals surface area contributed by atoms with E-state index in [-0.39, 0.29) is 12.4 Å². The molecule has 0 saturated carbocycles. The maximum Gasteiger partial charge on any atom is 0.311 e. The molecule has 2 aliphatic rings. The molecule has 0 bridgehead atoms. The number of aromatic nitrogens is 3. The number of carbonyl (C=O) groups excluding carboxylic acids is 1. The van der Waals surface area contributed by atoms with Gasteiger partial charge >= 0.3 is 5.97 Å². The largest absolute Gasteiger partial charge is 0.487 e. The van der Waals surface area contributed by atoms with Crippen LogP contribution in [0.5, 0.6) is 5.75 Å². The van der Waals surface area contributed by atoms with Crippen LogP contribution >= 0.6 is 0 Å². The number of nitrogens with zero attached hydrogens (tertiary/aromatic N) is 4. The lowest BCUT2D eigenvalue weighted by Crippen LogP contribution is -2.33. The zero-order chi connectivity index (χ0) is 30.6. The number of rotatable bonds is 8. The zero-order valence-corrected chi connectivity index (χ0v) is 25.7. The van der Waals surface area contributed by atoms with Gasteiger partial charge in [-0.25, -0.2) is 9.97 Å². The topological polar surface area (TPSA) is 69.5 Å². The smallest absolute Gasteiger partial charge is 0.311 e. The molecule has 2 aliphatic heterocycles. The Bertz CT molecular complexity index is 1850. The van der Waals surface area contributed by atoms with Crippen LogP contribution in [0.2, 0.25) is 0 Å². The van der Waals surface area contributed by atoms with E-state index in [2.05, 4.69) is 70.1 Å². The monoisotopic (exact) mass is 598 g/mol. The molecule has 0 amide bonds. The Morgan fingerprint density at radius 1 is 0.867 bits per heavy atom. The Kier molecular flexibility index (Phi) is 8.43. The summed E-state index contributed by atoms with van der Waals surface area (Å²) in [7, 11) is 1.44. The van der Waals surface area contributed by atoms with Crippen molar-refractivity contribution in [3.63, 3.8) is 0 Å². The second-order valence-electron chi connectivity index (χ2n) is 11.9. The number of pyridine rings is 1. The van der Waals surface area contributed by atoms with Crippen molar-refractivity contribution in [2.75, 3.05) is 26.7 Å². The molecular formula is C38H38N4O3. The minimum atomic E-state index is -0.234. The number of methoxy groups -OCH3 is 1. The Morgan fingerprint density at radius 2 is 1.67 bits per heavy atom. The van der Waals surface area contributed by atoms with Crippen molar-refractivity contribution in [2.45, 2.75) is 45.3 Å². The molecule has 228 valence electrons. The second kappa shape index (κ2) is 13.1. The van der Waals surface area contributed by atoms with Crippen molar-refractivity contribution in [3.8, 4) is 5.75 Å². The standard InChI is InChI=1S/C38H38N4O3/c1-44-36(43)24-32-25-39-38-37(34-8-4-2-6-28(34)19-23-42(32)38)30-17-21-41(22-18-30)20-16-27-10-14-33(15-11-27)45-26-31-13-12-29-7-3-5-9-35(29)40-31/h2-15,25H,16-24,26H2,1H3. The minimum Gasteiger partial charge on any atom is -0.487 e. The lowest BCUT2D eigenvalue weighted by molar-refractivity contribution is -0.139. The Morgan fingerprint density at radius 3 is 2.51 bits per heavy atom. The molecule has 4 heterocycles. The van der Waals surface area contributed by atoms with Crippen LogP contribution in [-0.2, 0) is 41.9 Å². The molecule has 0 aliphatic carbocycles. The SMILES string of the molecule is COC(=O)Cc1cnc2n1CCc1ccccc1C2=C1CCN(CCc2ccc(OCc3ccc4ccccc4n3)cc2)CC1. The number of likely N-dealkylation sites (tertiary alicyclic amines) is 1. The molecule has 7 heteroatoms. The molecule has 0 spiro atoms. The first kappa shape index (κ1) is 29.0. The third-order valence-electron chi connectivity index (χ3n) is 9.10. The molecule has 1 saturated heterocycles. The quantitative estimate of drug-likeness (QED) is 0.192. The summed E-state index contributed by atoms with van der Waals surface area (Å²) in [6.07, 6.45) is 6.04. The number of benzene rings is 3. The number of esters is 1. The van der Waals surface area contributed by atoms with Gasteiger partial charge in [-0.3, -0.25) is 4.79 Å². The summed E-state index contributed by atoms with van der Waals surface area (Å²) in [4.78, 5) is 24.3. The molecular weight excluding hydrogens is 560 g/mol. The summed E-state index contributed by atoms with van der Waals surface area (Å²) in [5.41, 5.74) is 9.50. The first-order valence-corrected chi connectivity index (χ1v) is 15.9. The van der Waals surface area contributed by atoms with Crippen molar-refractivity contribution in [2.24, 2.45) is 0 Å². The number of imidazole rings is 1. The number of piperidine rings is 1. The Labute approximate surface area is 264 Å². The van der Waals surface area contributed by atoms with Crippen LogP contribution < -0.4 is 4.74 Å². The average molecular weight is 599 g/mol. The number of aryl methyl sites for hydroxylation is 1. The fraction of sp³-hybridized carbons (Fsp3) is 0.289. The normalized spacial score (nSPS) is 15.0. The fourth-order valence-electron chi connectivity index (χ4n) is 6.59. The molecule has 7 nitrogen and oxygen atoms in total. The van der Waals surface area contributed by atoms with E-state index in [1.165, 1.54) is 34.9 Å². The van der Waals surface area contributed by atoms with Gasteiger partial charge in [0.05, 0.1) is 24.7 Å². The molecule has 45 heavy (non-hydrogen) atoms. The van der Waals surface area contributed by atoms with E-state index in [0.717, 1.165) is 85.7 Å². The van der Waals surface area contributed by atoms with Crippen LogP contribution in [0.1, 0.15) is 46.7 Å². The van der Waals surface area contributed by atoms with E-state index in [9.17, 15) is 4.79 Å². The van der Waals surface area contributed by atoms with E-state index in [1.807, 2.05) is 30.5 Å². The number of hydrogen-bond donors (Lipinski definition) is 0. The summed E-state index contributed by atoms with van der Waals surface area (Å²) in [5.74, 6) is 1.61. The lowest BCUT2D eigenvalue weighted by Gasteiger charge is -2.30. The lowest BCUT2D eigenvalue weighted by atomic mass is 9.90. The van der Waals surface area contributed by atoms with Crippen LogP contribution in [-0.4, -0.2) is 52.1 Å². The van der Waals surface area contributed by atoms with Crippen LogP contribution in [0.25, 0.3) is 16.5 Å². The van der Waals surface area contributed by atoms with Gasteiger partial charge < -0.3 is 18.9 Å². The van der Waals surface area contributed by atoms with Gasteiger partial charge in [0.25, 0.3) is 0 Å². The van der Waals surface area contributed by atoms with E-state index in [4.69, 9.17) is 19.4 Å². The van der Waals surface area contributed by atoms with Crippen LogP contribution in [0, 0.1) is 0 Å². The third kappa shape index (κ3) is 6.40. The maximum absolute atomic E-state index is 12.1. The Balaban J connectivity index is 0.982. The fourth-order valence-corrected chi connectivity index (χ4v) is 6.59. The van der Waals surface area contributed by atoms with Crippen LogP contribution in [0.15, 0.2) is 96.7 Å². The summed E-state index contributed by atoms with van der Waals surface area (Å²) in [5, 5.41) is 1.14. The minimum absolute atomic E-state index is 0.234. The van der Waals surface area contributed by atoms with Gasteiger partial charge in [-0.15, -0.1) is 0 Å². The zero-order valence-electron chi connectivity index (χ0n) is 25.7. The summed E-state index contributed by atoms with van der Waals surface area (Å²) < 4.78 is 13.2. The van der Waals surface area contributed by atoms with Crippen molar-refractivity contribution >= 4 is 22.4 Å². The van der Waals surface area contributed by atoms with Gasteiger partial charge in [-0.05, 0) is 66.6 Å². The molecule has 1 fully saturated rings. The summed E-state index contributed by atoms with van der Waals surface area (Å²) >= 11 is 0. The Hall–Kier alpha value is -4.75. The number of hydrogen-bond acceptors (Lipinski definition) is 6. The van der Waals surface area contributed by atoms with E-state index >= 15 is 0 Å². The molecule has 0 unspecified atom stereocenters. The third-order valence-corrected chi connectivity index (χ3v) is 9.10. The highest BCUT2D eigenvalue weighted by molar-refractivity contribution is 5.82. The number of para-hydroxylation sites is 1. The highest BCUT2D eigenvalue weighted by Gasteiger charge is 2.27. The number of ether oxygens (including phenoxy) is 2. The first-order valence-electron chi connectivity index (χ1n) is 15.9. The molecule has 2 aromatic heterocycles.